The van der Waals surface area contributed by atoms with Crippen LogP contribution in [-0.4, -0.2) is 55.0 Å². The summed E-state index contributed by atoms with van der Waals surface area (Å²) in [5, 5.41) is 3.92. The minimum absolute atomic E-state index is 0.0148. The number of fused-ring (bicyclic) bond motifs is 4. The Bertz CT molecular complexity index is 933. The summed E-state index contributed by atoms with van der Waals surface area (Å²) in [6, 6.07) is 5.36. The number of carbonyl (C=O) groups is 1. The topological polar surface area (TPSA) is 91.4 Å². The maximum Gasteiger partial charge on any atom is 0.271 e. The van der Waals surface area contributed by atoms with Crippen LogP contribution in [0, 0.1) is 5.92 Å². The van der Waals surface area contributed by atoms with Crippen molar-refractivity contribution in [3.8, 4) is 0 Å². The molecule has 7 nitrogen and oxygen atoms in total. The fourth-order valence-corrected chi connectivity index (χ4v) is 5.23. The Morgan fingerprint density at radius 1 is 1.35 bits per heavy atom. The van der Waals surface area contributed by atoms with Crippen molar-refractivity contribution in [2.75, 3.05) is 30.1 Å². The van der Waals surface area contributed by atoms with Crippen LogP contribution in [0.5, 0.6) is 0 Å². The molecule has 3 aliphatic heterocycles. The quantitative estimate of drug-likeness (QED) is 0.808. The van der Waals surface area contributed by atoms with Gasteiger partial charge in [-0.3, -0.25) is 9.52 Å². The number of hydrogen-bond donors (Lipinski definition) is 2. The van der Waals surface area contributed by atoms with Crippen molar-refractivity contribution in [2.24, 2.45) is 5.92 Å². The molecule has 1 aromatic heterocycles. The minimum Gasteiger partial charge on any atom is -0.346 e. The largest absolute Gasteiger partial charge is 0.346 e. The van der Waals surface area contributed by atoms with E-state index < -0.39 is 10.0 Å². The number of sulfonamides is 1. The molecule has 0 aliphatic carbocycles. The molecule has 2 bridgehead atoms. The Kier molecular flexibility index (Phi) is 4.62. The number of piperidine rings is 3. The fourth-order valence-electron chi connectivity index (χ4n) is 3.78. The Morgan fingerprint density at radius 3 is 2.77 bits per heavy atom. The van der Waals surface area contributed by atoms with Gasteiger partial charge in [0.15, 0.2) is 0 Å². The second-order valence-corrected chi connectivity index (χ2v) is 9.78. The molecule has 26 heavy (non-hydrogen) atoms. The van der Waals surface area contributed by atoms with Crippen molar-refractivity contribution in [1.29, 1.82) is 0 Å². The first-order valence-corrected chi connectivity index (χ1v) is 11.3. The summed E-state index contributed by atoms with van der Waals surface area (Å²) < 4.78 is 31.1. The van der Waals surface area contributed by atoms with Crippen LogP contribution in [0.4, 0.5) is 5.69 Å². The summed E-state index contributed by atoms with van der Waals surface area (Å²) in [5.74, 6) is 0.432. The molecule has 3 fully saturated rings. The molecule has 2 N–H and O–H groups in total. The highest BCUT2D eigenvalue weighted by Crippen LogP contribution is 2.29. The summed E-state index contributed by atoms with van der Waals surface area (Å²) in [6.45, 7) is 4.77. The van der Waals surface area contributed by atoms with Crippen molar-refractivity contribution in [2.45, 2.75) is 25.8 Å². The smallest absolute Gasteiger partial charge is 0.271 e. The Morgan fingerprint density at radius 2 is 2.12 bits per heavy atom. The molecule has 1 amide bonds. The van der Waals surface area contributed by atoms with E-state index in [0.717, 1.165) is 42.6 Å². The van der Waals surface area contributed by atoms with Crippen LogP contribution in [0.1, 0.15) is 30.3 Å². The van der Waals surface area contributed by atoms with Crippen LogP contribution < -0.4 is 10.0 Å². The highest BCUT2D eigenvalue weighted by atomic mass is 32.2. The van der Waals surface area contributed by atoms with Gasteiger partial charge < -0.3 is 10.2 Å². The highest BCUT2D eigenvalue weighted by Gasteiger charge is 2.35. The highest BCUT2D eigenvalue weighted by molar-refractivity contribution is 7.92. The van der Waals surface area contributed by atoms with Gasteiger partial charge >= 0.3 is 0 Å². The zero-order valence-electron chi connectivity index (χ0n) is 14.6. The van der Waals surface area contributed by atoms with Gasteiger partial charge in [0.1, 0.15) is 5.69 Å². The van der Waals surface area contributed by atoms with Crippen molar-refractivity contribution < 1.29 is 13.2 Å². The van der Waals surface area contributed by atoms with E-state index in [-0.39, 0.29) is 17.7 Å². The average Bonchev–Trinajstić information content (AvgIpc) is 3.06. The maximum absolute atomic E-state index is 12.7. The van der Waals surface area contributed by atoms with Gasteiger partial charge in [-0.05, 0) is 68.5 Å². The van der Waals surface area contributed by atoms with Gasteiger partial charge in [0.2, 0.25) is 10.0 Å². The molecular formula is C17H22N4O3S2. The van der Waals surface area contributed by atoms with Crippen molar-refractivity contribution in [3.05, 3.63) is 23.9 Å². The first-order valence-electron chi connectivity index (χ1n) is 8.88. The maximum atomic E-state index is 12.7. The normalized spacial score (nSPS) is 25.3. The van der Waals surface area contributed by atoms with Gasteiger partial charge in [0.05, 0.1) is 10.5 Å². The fraction of sp³-hybridized carbons (Fsp3) is 0.529. The molecular weight excluding hydrogens is 372 g/mol. The van der Waals surface area contributed by atoms with E-state index in [1.54, 1.807) is 25.1 Å². The predicted molar refractivity (Wildman–Crippen MR) is 103 cm³/mol. The number of nitrogens with one attached hydrogen (secondary N) is 2. The lowest BCUT2D eigenvalue weighted by atomic mass is 9.84. The molecule has 5 rings (SSSR count). The number of hydrogen-bond acceptors (Lipinski definition) is 6. The van der Waals surface area contributed by atoms with Crippen molar-refractivity contribution >= 4 is 43.2 Å². The van der Waals surface area contributed by atoms with E-state index >= 15 is 0 Å². The molecule has 0 spiro atoms. The van der Waals surface area contributed by atoms with Crippen LogP contribution >= 0.6 is 11.5 Å². The number of anilines is 1. The monoisotopic (exact) mass is 394 g/mol. The average molecular weight is 395 g/mol. The number of benzene rings is 1. The summed E-state index contributed by atoms with van der Waals surface area (Å²) >= 11 is 1.21. The van der Waals surface area contributed by atoms with Gasteiger partial charge in [-0.15, -0.1) is 0 Å². The SMILES string of the molecule is CCS(=O)(=O)Nc1ccc2c(C(=O)N[C@@H]3CN4CCC3CC4)nsc2c1. The first-order chi connectivity index (χ1) is 12.4. The lowest BCUT2D eigenvalue weighted by Gasteiger charge is -2.44. The first kappa shape index (κ1) is 17.7. The van der Waals surface area contributed by atoms with Crippen LogP contribution in [0.3, 0.4) is 0 Å². The van der Waals surface area contributed by atoms with E-state index in [2.05, 4.69) is 19.3 Å². The summed E-state index contributed by atoms with van der Waals surface area (Å²) in [4.78, 5) is 15.1. The summed E-state index contributed by atoms with van der Waals surface area (Å²) in [5.41, 5.74) is 0.915. The third-order valence-corrected chi connectivity index (χ3v) is 7.43. The summed E-state index contributed by atoms with van der Waals surface area (Å²) in [6.07, 6.45) is 2.29. The second-order valence-electron chi connectivity index (χ2n) is 6.97. The number of rotatable bonds is 5. The van der Waals surface area contributed by atoms with Gasteiger partial charge in [-0.1, -0.05) is 0 Å². The zero-order valence-corrected chi connectivity index (χ0v) is 16.2. The van der Waals surface area contributed by atoms with E-state index in [0.29, 0.717) is 17.3 Å². The molecule has 0 saturated carbocycles. The van der Waals surface area contributed by atoms with E-state index in [9.17, 15) is 13.2 Å². The molecule has 4 heterocycles. The molecule has 3 saturated heterocycles. The lowest BCUT2D eigenvalue weighted by molar-refractivity contribution is 0.0619. The van der Waals surface area contributed by atoms with Gasteiger partial charge in [-0.2, -0.15) is 4.37 Å². The third-order valence-electron chi connectivity index (χ3n) is 5.31. The molecule has 140 valence electrons. The summed E-state index contributed by atoms with van der Waals surface area (Å²) in [7, 11) is -3.32. The molecule has 1 atom stereocenters. The zero-order chi connectivity index (χ0) is 18.3. The van der Waals surface area contributed by atoms with E-state index in [1.807, 2.05) is 0 Å². The number of aromatic nitrogens is 1. The Balaban J connectivity index is 1.52. The molecule has 1 aromatic carbocycles. The number of nitrogens with zero attached hydrogens (tertiary/aromatic N) is 2. The molecule has 3 aliphatic rings. The Hall–Kier alpha value is -1.71. The molecule has 9 heteroatoms. The van der Waals surface area contributed by atoms with Gasteiger partial charge in [-0.25, -0.2) is 8.42 Å². The lowest BCUT2D eigenvalue weighted by Crippen LogP contribution is -2.57. The Labute approximate surface area is 157 Å². The van der Waals surface area contributed by atoms with Crippen LogP contribution in [0.15, 0.2) is 18.2 Å². The van der Waals surface area contributed by atoms with Crippen LogP contribution in [0.25, 0.3) is 10.1 Å². The number of carbonyl (C=O) groups excluding carboxylic acids is 1. The third kappa shape index (κ3) is 3.43. The van der Waals surface area contributed by atoms with E-state index in [1.165, 1.54) is 11.5 Å². The van der Waals surface area contributed by atoms with Gasteiger partial charge in [0, 0.05) is 23.7 Å². The molecule has 0 unspecified atom stereocenters. The minimum atomic E-state index is -3.32. The predicted octanol–water partition coefficient (Wildman–Crippen LogP) is 1.88. The second kappa shape index (κ2) is 6.79. The van der Waals surface area contributed by atoms with Crippen molar-refractivity contribution in [1.82, 2.24) is 14.6 Å². The standard InChI is InChI=1S/C17H22N4O3S2/c1-2-26(23,24)20-12-3-4-13-15(9-12)25-19-16(13)17(22)18-14-10-21-7-5-11(14)6-8-21/h3-4,9,11,14,20H,2,5-8,10H2,1H3,(H,18,22)/t14-/m1/s1. The number of amides is 1. The van der Waals surface area contributed by atoms with E-state index in [4.69, 9.17) is 0 Å². The van der Waals surface area contributed by atoms with Crippen molar-refractivity contribution in [3.63, 3.8) is 0 Å². The molecule has 0 radical (unpaired) electrons. The molecule has 2 aromatic rings. The van der Waals surface area contributed by atoms with Crippen LogP contribution in [-0.2, 0) is 10.0 Å². The van der Waals surface area contributed by atoms with Crippen LogP contribution in [0.2, 0.25) is 0 Å². The van der Waals surface area contributed by atoms with Gasteiger partial charge in [0.25, 0.3) is 5.91 Å².